The Labute approximate surface area is 186 Å². The second kappa shape index (κ2) is 7.36. The van der Waals surface area contributed by atoms with Crippen LogP contribution in [0.3, 0.4) is 0 Å². The van der Waals surface area contributed by atoms with E-state index in [1.165, 1.54) is 16.5 Å². The van der Waals surface area contributed by atoms with Gasteiger partial charge in [0.2, 0.25) is 0 Å². The third-order valence-electron chi connectivity index (χ3n) is 6.43. The maximum absolute atomic E-state index is 13.7. The SMILES string of the molecule is Cn1c2c(c3ccccc31)C(=C1CCN(C(=O)OC(C)(C)C)CC1)C([Si](C)(C)C)C2=O. The molecule has 5 nitrogen and oxygen atoms in total. The topological polar surface area (TPSA) is 51.5 Å². The van der Waals surface area contributed by atoms with Crippen LogP contribution in [-0.4, -0.2) is 48.1 Å². The number of aromatic nitrogens is 1. The Morgan fingerprint density at radius 2 is 1.71 bits per heavy atom. The second-order valence-corrected chi connectivity index (χ2v) is 16.3. The van der Waals surface area contributed by atoms with E-state index in [0.717, 1.165) is 29.6 Å². The highest BCUT2D eigenvalue weighted by atomic mass is 28.3. The van der Waals surface area contributed by atoms with E-state index in [2.05, 4.69) is 42.4 Å². The summed E-state index contributed by atoms with van der Waals surface area (Å²) in [6.45, 7) is 13.8. The van der Waals surface area contributed by atoms with Gasteiger partial charge < -0.3 is 14.2 Å². The first-order valence-electron chi connectivity index (χ1n) is 11.2. The molecule has 1 saturated heterocycles. The third-order valence-corrected chi connectivity index (χ3v) is 8.71. The molecule has 0 saturated carbocycles. The molecule has 166 valence electrons. The Hall–Kier alpha value is -2.34. The summed E-state index contributed by atoms with van der Waals surface area (Å²) in [5.74, 6) is 0.282. The molecule has 4 rings (SSSR count). The minimum Gasteiger partial charge on any atom is -0.444 e. The number of benzene rings is 1. The number of amides is 1. The number of rotatable bonds is 1. The molecule has 1 aromatic heterocycles. The zero-order valence-corrected chi connectivity index (χ0v) is 20.8. The number of nitrogens with zero attached hydrogens (tertiary/aromatic N) is 2. The van der Waals surface area contributed by atoms with E-state index < -0.39 is 13.7 Å². The van der Waals surface area contributed by atoms with Crippen molar-refractivity contribution in [3.63, 3.8) is 0 Å². The summed E-state index contributed by atoms with van der Waals surface area (Å²) in [5.41, 5.74) is 5.22. The van der Waals surface area contributed by atoms with Gasteiger partial charge in [0.15, 0.2) is 5.78 Å². The van der Waals surface area contributed by atoms with E-state index in [4.69, 9.17) is 4.74 Å². The molecule has 2 heterocycles. The van der Waals surface area contributed by atoms with Crippen LogP contribution in [-0.2, 0) is 11.8 Å². The van der Waals surface area contributed by atoms with Crippen LogP contribution in [0.5, 0.6) is 0 Å². The first-order valence-corrected chi connectivity index (χ1v) is 14.8. The molecule has 6 heteroatoms. The van der Waals surface area contributed by atoms with Gasteiger partial charge in [0.1, 0.15) is 5.60 Å². The first-order chi connectivity index (χ1) is 14.4. The lowest BCUT2D eigenvalue weighted by molar-refractivity contribution is 0.0236. The number of piperidine rings is 1. The van der Waals surface area contributed by atoms with Crippen LogP contribution < -0.4 is 0 Å². The fourth-order valence-electron chi connectivity index (χ4n) is 5.13. The van der Waals surface area contributed by atoms with Crippen molar-refractivity contribution in [2.75, 3.05) is 13.1 Å². The lowest BCUT2D eigenvalue weighted by atomic mass is 9.93. The number of ether oxygens (including phenoxy) is 1. The highest BCUT2D eigenvalue weighted by Gasteiger charge is 2.47. The maximum Gasteiger partial charge on any atom is 0.410 e. The van der Waals surface area contributed by atoms with E-state index >= 15 is 0 Å². The molecule has 1 aromatic carbocycles. The molecule has 2 aliphatic rings. The van der Waals surface area contributed by atoms with E-state index in [1.807, 2.05) is 33.9 Å². The number of carbonyl (C=O) groups excluding carboxylic acids is 2. The Morgan fingerprint density at radius 3 is 2.29 bits per heavy atom. The minimum absolute atomic E-state index is 0.0172. The number of para-hydroxylation sites is 1. The minimum atomic E-state index is -1.80. The number of fused-ring (bicyclic) bond motifs is 3. The van der Waals surface area contributed by atoms with Gasteiger partial charge in [-0.2, -0.15) is 0 Å². The van der Waals surface area contributed by atoms with Crippen molar-refractivity contribution in [2.24, 2.45) is 7.05 Å². The Bertz CT molecular complexity index is 1090. The number of Topliss-reactive ketones (excluding diaryl/α,β-unsaturated/α-hetero) is 1. The highest BCUT2D eigenvalue weighted by molar-refractivity contribution is 6.83. The van der Waals surface area contributed by atoms with E-state index in [0.29, 0.717) is 13.1 Å². The second-order valence-electron chi connectivity index (χ2n) is 10.9. The number of hydrogen-bond donors (Lipinski definition) is 0. The van der Waals surface area contributed by atoms with E-state index in [-0.39, 0.29) is 17.4 Å². The highest BCUT2D eigenvalue weighted by Crippen LogP contribution is 2.52. The van der Waals surface area contributed by atoms with Gasteiger partial charge in [0.05, 0.1) is 13.8 Å². The molecule has 1 amide bonds. The van der Waals surface area contributed by atoms with Crippen LogP contribution in [0.25, 0.3) is 16.5 Å². The molecular weight excluding hydrogens is 404 g/mol. The molecule has 1 aliphatic heterocycles. The average Bonchev–Trinajstić information content (AvgIpc) is 3.14. The molecule has 0 bridgehead atoms. The smallest absolute Gasteiger partial charge is 0.410 e. The quantitative estimate of drug-likeness (QED) is 0.523. The van der Waals surface area contributed by atoms with Gasteiger partial charge in [-0.15, -0.1) is 0 Å². The van der Waals surface area contributed by atoms with Crippen LogP contribution >= 0.6 is 0 Å². The van der Waals surface area contributed by atoms with Crippen LogP contribution in [0.1, 0.15) is 49.7 Å². The zero-order valence-electron chi connectivity index (χ0n) is 19.8. The number of ketones is 1. The predicted molar refractivity (Wildman–Crippen MR) is 128 cm³/mol. The maximum atomic E-state index is 13.7. The lowest BCUT2D eigenvalue weighted by Crippen LogP contribution is -2.40. The van der Waals surface area contributed by atoms with E-state index in [9.17, 15) is 9.59 Å². The van der Waals surface area contributed by atoms with Crippen molar-refractivity contribution >= 4 is 36.4 Å². The van der Waals surface area contributed by atoms with Crippen molar-refractivity contribution in [1.82, 2.24) is 9.47 Å². The monoisotopic (exact) mass is 438 g/mol. The molecule has 1 fully saturated rings. The van der Waals surface area contributed by atoms with Crippen LogP contribution in [0.2, 0.25) is 25.2 Å². The largest absolute Gasteiger partial charge is 0.444 e. The van der Waals surface area contributed by atoms with Crippen molar-refractivity contribution < 1.29 is 14.3 Å². The van der Waals surface area contributed by atoms with Gasteiger partial charge in [0.25, 0.3) is 0 Å². The fourth-order valence-corrected chi connectivity index (χ4v) is 7.27. The predicted octanol–water partition coefficient (Wildman–Crippen LogP) is 5.87. The summed E-state index contributed by atoms with van der Waals surface area (Å²) in [6, 6.07) is 8.33. The Balaban J connectivity index is 1.77. The molecule has 0 spiro atoms. The Kier molecular flexibility index (Phi) is 5.20. The number of allylic oxidation sites excluding steroid dienone is 1. The standard InChI is InChI=1S/C25H34N2O3Si/c1-25(2,3)30-24(29)27-14-12-16(13-15-27)19-20-17-10-8-9-11-18(17)26(4)21(20)22(28)23(19)31(5,6)7/h8-11,23H,12-15H2,1-7H3. The summed E-state index contributed by atoms with van der Waals surface area (Å²) in [6.07, 6.45) is 1.35. The molecule has 1 atom stereocenters. The zero-order chi connectivity index (χ0) is 22.7. The van der Waals surface area contributed by atoms with Crippen molar-refractivity contribution in [3.8, 4) is 0 Å². The first kappa shape index (κ1) is 21.9. The third kappa shape index (κ3) is 3.75. The fraction of sp³-hybridized carbons (Fsp3) is 0.520. The lowest BCUT2D eigenvalue weighted by Gasteiger charge is -2.33. The van der Waals surface area contributed by atoms with Gasteiger partial charge in [-0.25, -0.2) is 4.79 Å². The normalized spacial score (nSPS) is 19.9. The summed E-state index contributed by atoms with van der Waals surface area (Å²) >= 11 is 0. The van der Waals surface area contributed by atoms with E-state index in [1.54, 1.807) is 4.90 Å². The molecule has 2 aromatic rings. The molecule has 0 radical (unpaired) electrons. The molecule has 1 aliphatic carbocycles. The summed E-state index contributed by atoms with van der Waals surface area (Å²) in [7, 11) is 0.210. The molecular formula is C25H34N2O3Si. The van der Waals surface area contributed by atoms with Crippen LogP contribution in [0.15, 0.2) is 29.8 Å². The average molecular weight is 439 g/mol. The van der Waals surface area contributed by atoms with Crippen LogP contribution in [0.4, 0.5) is 4.79 Å². The van der Waals surface area contributed by atoms with Gasteiger partial charge in [0, 0.05) is 42.1 Å². The molecule has 31 heavy (non-hydrogen) atoms. The van der Waals surface area contributed by atoms with Crippen molar-refractivity contribution in [1.29, 1.82) is 0 Å². The summed E-state index contributed by atoms with van der Waals surface area (Å²) in [4.78, 5) is 28.0. The summed E-state index contributed by atoms with van der Waals surface area (Å²) < 4.78 is 7.65. The van der Waals surface area contributed by atoms with Crippen molar-refractivity contribution in [2.45, 2.75) is 64.4 Å². The Morgan fingerprint density at radius 1 is 1.10 bits per heavy atom. The number of likely N-dealkylation sites (tertiary alicyclic amines) is 1. The van der Waals surface area contributed by atoms with Gasteiger partial charge in [-0.1, -0.05) is 43.4 Å². The van der Waals surface area contributed by atoms with Crippen LogP contribution in [0, 0.1) is 0 Å². The van der Waals surface area contributed by atoms with Gasteiger partial charge >= 0.3 is 6.09 Å². The van der Waals surface area contributed by atoms with Crippen molar-refractivity contribution in [3.05, 3.63) is 41.1 Å². The molecule has 0 N–H and O–H groups in total. The summed E-state index contributed by atoms with van der Waals surface area (Å²) in [5, 5.41) is 1.17. The number of aryl methyl sites for hydroxylation is 1. The van der Waals surface area contributed by atoms with Gasteiger partial charge in [-0.3, -0.25) is 4.79 Å². The molecule has 1 unspecified atom stereocenters. The number of hydrogen-bond acceptors (Lipinski definition) is 3. The van der Waals surface area contributed by atoms with Gasteiger partial charge in [-0.05, 0) is 45.3 Å². The number of carbonyl (C=O) groups is 2.